The second-order valence-corrected chi connectivity index (χ2v) is 7.83. The number of amides is 1. The van der Waals surface area contributed by atoms with E-state index in [4.69, 9.17) is 9.47 Å². The number of ether oxygens (including phenoxy) is 2. The summed E-state index contributed by atoms with van der Waals surface area (Å²) in [5, 5.41) is 6.80. The van der Waals surface area contributed by atoms with Crippen molar-refractivity contribution in [1.82, 2.24) is 20.4 Å². The molecule has 9 heteroatoms. The molecule has 1 unspecified atom stereocenters. The minimum Gasteiger partial charge on any atom is -0.381 e. The van der Waals surface area contributed by atoms with E-state index in [1.165, 1.54) is 0 Å². The van der Waals surface area contributed by atoms with Crippen LogP contribution in [0.2, 0.25) is 0 Å². The number of guanidine groups is 1. The number of morpholine rings is 1. The topological polar surface area (TPSA) is 78.4 Å². The van der Waals surface area contributed by atoms with Crippen molar-refractivity contribution in [3.63, 3.8) is 0 Å². The van der Waals surface area contributed by atoms with E-state index in [9.17, 15) is 4.79 Å². The molecule has 0 saturated carbocycles. The summed E-state index contributed by atoms with van der Waals surface area (Å²) in [6.07, 6.45) is 1.07. The van der Waals surface area contributed by atoms with Crippen LogP contribution >= 0.6 is 24.0 Å². The van der Waals surface area contributed by atoms with Gasteiger partial charge in [-0.2, -0.15) is 0 Å². The van der Waals surface area contributed by atoms with Crippen molar-refractivity contribution in [1.29, 1.82) is 0 Å². The SMILES string of the molecule is CN(C)C(=O)CN=C(NCC1CCOC1)NCC(C)(C)N1CCOCC1.I. The molecule has 0 bridgehead atoms. The van der Waals surface area contributed by atoms with Gasteiger partial charge >= 0.3 is 0 Å². The lowest BCUT2D eigenvalue weighted by Gasteiger charge is -2.41. The molecule has 0 aromatic rings. The smallest absolute Gasteiger partial charge is 0.243 e. The maximum atomic E-state index is 11.9. The molecule has 1 amide bonds. The van der Waals surface area contributed by atoms with E-state index in [-0.39, 0.29) is 42.0 Å². The van der Waals surface area contributed by atoms with Crippen LogP contribution in [0.5, 0.6) is 0 Å². The van der Waals surface area contributed by atoms with Crippen molar-refractivity contribution < 1.29 is 14.3 Å². The highest BCUT2D eigenvalue weighted by molar-refractivity contribution is 14.0. The van der Waals surface area contributed by atoms with Gasteiger partial charge in [-0.25, -0.2) is 4.99 Å². The monoisotopic (exact) mass is 497 g/mol. The first-order valence-corrected chi connectivity index (χ1v) is 9.51. The zero-order chi connectivity index (χ0) is 19.0. The average Bonchev–Trinajstić information content (AvgIpc) is 3.15. The van der Waals surface area contributed by atoms with Gasteiger partial charge in [-0.3, -0.25) is 9.69 Å². The number of aliphatic imine (C=N–C) groups is 1. The summed E-state index contributed by atoms with van der Waals surface area (Å²) in [4.78, 5) is 20.3. The number of halogens is 1. The standard InChI is InChI=1S/C18H35N5O3.HI/c1-18(2,23-6-9-25-10-7-23)14-21-17(20-12-16(24)22(3)4)19-11-15-5-8-26-13-15;/h15H,5-14H2,1-4H3,(H2,19,20,21);1H. The molecule has 2 aliphatic rings. The predicted octanol–water partition coefficient (Wildman–Crippen LogP) is 0.375. The van der Waals surface area contributed by atoms with E-state index in [1.54, 1.807) is 19.0 Å². The molecule has 0 radical (unpaired) electrons. The minimum absolute atomic E-state index is 0. The van der Waals surface area contributed by atoms with Gasteiger partial charge in [0.15, 0.2) is 5.96 Å². The molecule has 2 fully saturated rings. The maximum absolute atomic E-state index is 11.9. The molecule has 0 aromatic heterocycles. The predicted molar refractivity (Wildman–Crippen MR) is 118 cm³/mol. The molecule has 2 N–H and O–H groups in total. The molecular weight excluding hydrogens is 461 g/mol. The molecule has 0 spiro atoms. The number of nitrogens with one attached hydrogen (secondary N) is 2. The lowest BCUT2D eigenvalue weighted by molar-refractivity contribution is -0.127. The largest absolute Gasteiger partial charge is 0.381 e. The molecular formula is C18H36IN5O3. The Kier molecular flexibility index (Phi) is 10.9. The van der Waals surface area contributed by atoms with Crippen molar-refractivity contribution in [2.75, 3.05) is 73.2 Å². The van der Waals surface area contributed by atoms with Gasteiger partial charge in [0.05, 0.1) is 19.8 Å². The molecule has 0 aliphatic carbocycles. The van der Waals surface area contributed by atoms with Crippen molar-refractivity contribution in [3.05, 3.63) is 0 Å². The van der Waals surface area contributed by atoms with E-state index in [0.717, 1.165) is 59.0 Å². The summed E-state index contributed by atoms with van der Waals surface area (Å²) in [5.74, 6) is 1.18. The molecule has 2 saturated heterocycles. The minimum atomic E-state index is -0.0196. The van der Waals surface area contributed by atoms with Crippen LogP contribution in [0.15, 0.2) is 4.99 Å². The summed E-state index contributed by atoms with van der Waals surface area (Å²) in [6, 6.07) is 0. The lowest BCUT2D eigenvalue weighted by atomic mass is 10.0. The van der Waals surface area contributed by atoms with Crippen LogP contribution < -0.4 is 10.6 Å². The lowest BCUT2D eigenvalue weighted by Crippen LogP contribution is -2.56. The quantitative estimate of drug-likeness (QED) is 0.301. The van der Waals surface area contributed by atoms with Gasteiger partial charge in [0.1, 0.15) is 6.54 Å². The van der Waals surface area contributed by atoms with E-state index in [0.29, 0.717) is 11.9 Å². The highest BCUT2D eigenvalue weighted by Crippen LogP contribution is 2.15. The number of likely N-dealkylation sites (N-methyl/N-ethyl adjacent to an activating group) is 1. The first-order valence-electron chi connectivity index (χ1n) is 9.51. The maximum Gasteiger partial charge on any atom is 0.243 e. The first-order chi connectivity index (χ1) is 12.4. The number of carbonyl (C=O) groups is 1. The molecule has 2 aliphatic heterocycles. The number of hydrogen-bond donors (Lipinski definition) is 2. The third-order valence-corrected chi connectivity index (χ3v) is 5.01. The average molecular weight is 497 g/mol. The molecule has 158 valence electrons. The van der Waals surface area contributed by atoms with E-state index in [2.05, 4.69) is 34.4 Å². The third-order valence-electron chi connectivity index (χ3n) is 5.01. The van der Waals surface area contributed by atoms with Crippen LogP contribution in [-0.2, 0) is 14.3 Å². The Morgan fingerprint density at radius 2 is 1.89 bits per heavy atom. The van der Waals surface area contributed by atoms with Crippen molar-refractivity contribution in [2.24, 2.45) is 10.9 Å². The normalized spacial score (nSPS) is 21.5. The van der Waals surface area contributed by atoms with E-state index < -0.39 is 0 Å². The van der Waals surface area contributed by atoms with E-state index in [1.807, 2.05) is 0 Å². The van der Waals surface area contributed by atoms with Crippen LogP contribution in [0.25, 0.3) is 0 Å². The van der Waals surface area contributed by atoms with Gasteiger partial charge < -0.3 is 25.0 Å². The van der Waals surface area contributed by atoms with Gasteiger partial charge in [-0.15, -0.1) is 24.0 Å². The fraction of sp³-hybridized carbons (Fsp3) is 0.889. The molecule has 8 nitrogen and oxygen atoms in total. The van der Waals surface area contributed by atoms with Crippen molar-refractivity contribution >= 4 is 35.8 Å². The van der Waals surface area contributed by atoms with Crippen LogP contribution in [0.1, 0.15) is 20.3 Å². The Bertz CT molecular complexity index is 476. The van der Waals surface area contributed by atoms with Crippen LogP contribution in [0.4, 0.5) is 0 Å². The second-order valence-electron chi connectivity index (χ2n) is 7.83. The van der Waals surface area contributed by atoms with Gasteiger partial charge in [0.25, 0.3) is 0 Å². The summed E-state index contributed by atoms with van der Waals surface area (Å²) < 4.78 is 10.9. The van der Waals surface area contributed by atoms with Gasteiger partial charge in [0.2, 0.25) is 5.91 Å². The van der Waals surface area contributed by atoms with Crippen LogP contribution in [0, 0.1) is 5.92 Å². The Morgan fingerprint density at radius 1 is 1.19 bits per heavy atom. The van der Waals surface area contributed by atoms with E-state index >= 15 is 0 Å². The Labute approximate surface area is 180 Å². The first kappa shape index (κ1) is 24.4. The Balaban J connectivity index is 0.00000364. The molecule has 2 rings (SSSR count). The Morgan fingerprint density at radius 3 is 2.48 bits per heavy atom. The summed E-state index contributed by atoms with van der Waals surface area (Å²) in [6.45, 7) is 11.2. The number of hydrogen-bond acceptors (Lipinski definition) is 5. The summed E-state index contributed by atoms with van der Waals surface area (Å²) >= 11 is 0. The molecule has 27 heavy (non-hydrogen) atoms. The zero-order valence-electron chi connectivity index (χ0n) is 17.1. The van der Waals surface area contributed by atoms with Crippen LogP contribution in [-0.4, -0.2) is 100 Å². The highest BCUT2D eigenvalue weighted by Gasteiger charge is 2.28. The van der Waals surface area contributed by atoms with Crippen LogP contribution in [0.3, 0.4) is 0 Å². The number of carbonyl (C=O) groups excluding carboxylic acids is 1. The van der Waals surface area contributed by atoms with Crippen molar-refractivity contribution in [2.45, 2.75) is 25.8 Å². The molecule has 2 heterocycles. The van der Waals surface area contributed by atoms with Gasteiger partial charge in [-0.1, -0.05) is 0 Å². The highest BCUT2D eigenvalue weighted by atomic mass is 127. The zero-order valence-corrected chi connectivity index (χ0v) is 19.5. The summed E-state index contributed by atoms with van der Waals surface area (Å²) in [5.41, 5.74) is -0.0196. The third kappa shape index (κ3) is 8.49. The second kappa shape index (κ2) is 12.0. The summed E-state index contributed by atoms with van der Waals surface area (Å²) in [7, 11) is 3.49. The molecule has 1 atom stereocenters. The fourth-order valence-corrected chi connectivity index (χ4v) is 3.03. The Hall–Kier alpha value is -0.650. The fourth-order valence-electron chi connectivity index (χ4n) is 3.03. The van der Waals surface area contributed by atoms with Crippen molar-refractivity contribution in [3.8, 4) is 0 Å². The number of rotatable bonds is 7. The number of nitrogens with zero attached hydrogens (tertiary/aromatic N) is 3. The molecule has 0 aromatic carbocycles. The van der Waals surface area contributed by atoms with Gasteiger partial charge in [0, 0.05) is 58.3 Å². The van der Waals surface area contributed by atoms with Gasteiger partial charge in [-0.05, 0) is 20.3 Å².